The van der Waals surface area contributed by atoms with E-state index >= 15 is 0 Å². The zero-order chi connectivity index (χ0) is 51.4. The molecule has 0 heterocycles. The van der Waals surface area contributed by atoms with Gasteiger partial charge in [-0.1, -0.05) is 313 Å². The maximum absolute atomic E-state index is 12.8. The first-order valence-electron chi connectivity index (χ1n) is 30.8. The number of esters is 3. The molecule has 0 aliphatic heterocycles. The Morgan fingerprint density at radius 3 is 0.803 bits per heavy atom. The first-order chi connectivity index (χ1) is 35.0. The number of rotatable bonds is 56. The molecule has 0 aromatic heterocycles. The largest absolute Gasteiger partial charge is 0.462 e. The smallest absolute Gasteiger partial charge is 0.310 e. The first-order valence-corrected chi connectivity index (χ1v) is 30.8. The van der Waals surface area contributed by atoms with E-state index in [1.807, 2.05) is 6.08 Å². The Labute approximate surface area is 440 Å². The number of allylic oxidation sites excluding steroid dienone is 9. The van der Waals surface area contributed by atoms with Gasteiger partial charge in [0.2, 0.25) is 0 Å². The van der Waals surface area contributed by atoms with Crippen molar-refractivity contribution in [3.05, 3.63) is 60.8 Å². The lowest BCUT2D eigenvalue weighted by atomic mass is 10.0. The van der Waals surface area contributed by atoms with Crippen LogP contribution in [0.4, 0.5) is 0 Å². The maximum atomic E-state index is 12.8. The minimum absolute atomic E-state index is 0.102. The number of ether oxygens (including phenoxy) is 3. The van der Waals surface area contributed by atoms with Gasteiger partial charge in [-0.05, 0) is 44.9 Å². The molecule has 6 heteroatoms. The molecule has 0 aliphatic rings. The molecule has 0 radical (unpaired) electrons. The number of hydrogen-bond acceptors (Lipinski definition) is 6. The molecule has 0 spiro atoms. The topological polar surface area (TPSA) is 78.9 Å². The van der Waals surface area contributed by atoms with Gasteiger partial charge in [0.1, 0.15) is 13.2 Å². The van der Waals surface area contributed by atoms with Crippen molar-refractivity contribution in [1.82, 2.24) is 0 Å². The van der Waals surface area contributed by atoms with Crippen molar-refractivity contribution < 1.29 is 28.6 Å². The van der Waals surface area contributed by atoms with Crippen molar-refractivity contribution in [2.24, 2.45) is 0 Å². The SMILES string of the molecule is CC/C=C\C/C=C\C/C=C\C/C=C\C/C=C\CC(=O)OC(COC(=O)CCCCCCCCCCCCCC)COC(=O)CCCCCCCCCCCCCCCCCCCCCCCCCCCC. The second kappa shape index (κ2) is 59.7. The van der Waals surface area contributed by atoms with Crippen LogP contribution in [-0.4, -0.2) is 37.2 Å². The van der Waals surface area contributed by atoms with Crippen LogP contribution in [0.25, 0.3) is 0 Å². The van der Waals surface area contributed by atoms with Crippen LogP contribution in [0.15, 0.2) is 60.8 Å². The van der Waals surface area contributed by atoms with E-state index in [2.05, 4.69) is 69.4 Å². The lowest BCUT2D eigenvalue weighted by molar-refractivity contribution is -0.166. The molecular weight excluding hydrogens is 877 g/mol. The number of unbranched alkanes of at least 4 members (excludes halogenated alkanes) is 36. The van der Waals surface area contributed by atoms with Crippen LogP contribution in [0.3, 0.4) is 0 Å². The van der Waals surface area contributed by atoms with Gasteiger partial charge >= 0.3 is 17.9 Å². The molecule has 0 rings (SSSR count). The average Bonchev–Trinajstić information content (AvgIpc) is 3.37. The summed E-state index contributed by atoms with van der Waals surface area (Å²) < 4.78 is 16.8. The van der Waals surface area contributed by atoms with Gasteiger partial charge in [-0.3, -0.25) is 14.4 Å². The number of carbonyl (C=O) groups is 3. The van der Waals surface area contributed by atoms with E-state index in [1.54, 1.807) is 6.08 Å². The Bertz CT molecular complexity index is 1280. The van der Waals surface area contributed by atoms with Crippen LogP contribution in [0.1, 0.15) is 316 Å². The van der Waals surface area contributed by atoms with Gasteiger partial charge in [0, 0.05) is 12.8 Å². The van der Waals surface area contributed by atoms with E-state index in [4.69, 9.17) is 14.2 Å². The molecule has 0 saturated carbocycles. The predicted molar refractivity (Wildman–Crippen MR) is 307 cm³/mol. The van der Waals surface area contributed by atoms with Crippen molar-refractivity contribution in [3.8, 4) is 0 Å². The monoisotopic (exact) mass is 993 g/mol. The molecule has 6 nitrogen and oxygen atoms in total. The lowest BCUT2D eigenvalue weighted by Crippen LogP contribution is -2.30. The summed E-state index contributed by atoms with van der Waals surface area (Å²) in [6, 6.07) is 0. The molecule has 71 heavy (non-hydrogen) atoms. The van der Waals surface area contributed by atoms with E-state index in [1.165, 1.54) is 205 Å². The Kier molecular flexibility index (Phi) is 57.2. The molecule has 0 bridgehead atoms. The number of hydrogen-bond donors (Lipinski definition) is 0. The third-order valence-electron chi connectivity index (χ3n) is 13.6. The van der Waals surface area contributed by atoms with Crippen LogP contribution in [-0.2, 0) is 28.6 Å². The zero-order valence-corrected chi connectivity index (χ0v) is 47.2. The fraction of sp³-hybridized carbons (Fsp3) is 0.800. The summed E-state index contributed by atoms with van der Waals surface area (Å²) in [4.78, 5) is 38.1. The molecule has 412 valence electrons. The number of carbonyl (C=O) groups excluding carboxylic acids is 3. The predicted octanol–water partition coefficient (Wildman–Crippen LogP) is 20.8. The summed E-state index contributed by atoms with van der Waals surface area (Å²) in [5, 5.41) is 0. The van der Waals surface area contributed by atoms with Crippen molar-refractivity contribution >= 4 is 17.9 Å². The van der Waals surface area contributed by atoms with Gasteiger partial charge in [0.05, 0.1) is 6.42 Å². The van der Waals surface area contributed by atoms with Gasteiger partial charge < -0.3 is 14.2 Å². The molecule has 1 unspecified atom stereocenters. The minimum Gasteiger partial charge on any atom is -0.462 e. The van der Waals surface area contributed by atoms with Gasteiger partial charge in [-0.15, -0.1) is 0 Å². The molecular formula is C65H116O6. The summed E-state index contributed by atoms with van der Waals surface area (Å²) in [6.07, 6.45) is 75.5. The van der Waals surface area contributed by atoms with Crippen molar-refractivity contribution in [2.75, 3.05) is 13.2 Å². The van der Waals surface area contributed by atoms with E-state index in [-0.39, 0.29) is 31.6 Å². The average molecular weight is 994 g/mol. The maximum Gasteiger partial charge on any atom is 0.310 e. The molecule has 0 amide bonds. The molecule has 0 saturated heterocycles. The van der Waals surface area contributed by atoms with E-state index in [0.29, 0.717) is 12.8 Å². The Hall–Kier alpha value is -2.89. The Morgan fingerprint density at radius 2 is 0.535 bits per heavy atom. The molecule has 0 aromatic carbocycles. The van der Waals surface area contributed by atoms with Crippen LogP contribution in [0.5, 0.6) is 0 Å². The third-order valence-corrected chi connectivity index (χ3v) is 13.6. The van der Waals surface area contributed by atoms with Crippen molar-refractivity contribution in [1.29, 1.82) is 0 Å². The molecule has 0 aliphatic carbocycles. The zero-order valence-electron chi connectivity index (χ0n) is 47.2. The summed E-state index contributed by atoms with van der Waals surface area (Å²) in [7, 11) is 0. The summed E-state index contributed by atoms with van der Waals surface area (Å²) in [6.45, 7) is 6.48. The molecule has 0 aromatic rings. The molecule has 0 N–H and O–H groups in total. The van der Waals surface area contributed by atoms with Gasteiger partial charge in [-0.2, -0.15) is 0 Å². The fourth-order valence-corrected chi connectivity index (χ4v) is 8.99. The van der Waals surface area contributed by atoms with Crippen molar-refractivity contribution in [3.63, 3.8) is 0 Å². The second-order valence-corrected chi connectivity index (χ2v) is 20.6. The van der Waals surface area contributed by atoms with Gasteiger partial charge in [-0.25, -0.2) is 0 Å². The molecule has 0 fully saturated rings. The van der Waals surface area contributed by atoms with E-state index in [0.717, 1.165) is 70.6 Å². The highest BCUT2D eigenvalue weighted by atomic mass is 16.6. The summed E-state index contributed by atoms with van der Waals surface area (Å²) >= 11 is 0. The van der Waals surface area contributed by atoms with Gasteiger partial charge in [0.15, 0.2) is 6.10 Å². The van der Waals surface area contributed by atoms with Crippen LogP contribution < -0.4 is 0 Å². The first kappa shape index (κ1) is 68.1. The third kappa shape index (κ3) is 57.9. The second-order valence-electron chi connectivity index (χ2n) is 20.6. The van der Waals surface area contributed by atoms with Crippen LogP contribution in [0.2, 0.25) is 0 Å². The summed E-state index contributed by atoms with van der Waals surface area (Å²) in [5.41, 5.74) is 0. The minimum atomic E-state index is -0.825. The van der Waals surface area contributed by atoms with Crippen molar-refractivity contribution in [2.45, 2.75) is 322 Å². The Balaban J connectivity index is 4.26. The van der Waals surface area contributed by atoms with E-state index < -0.39 is 12.1 Å². The van der Waals surface area contributed by atoms with Crippen LogP contribution in [0, 0.1) is 0 Å². The normalized spacial score (nSPS) is 12.4. The van der Waals surface area contributed by atoms with Gasteiger partial charge in [0.25, 0.3) is 0 Å². The highest BCUT2D eigenvalue weighted by Crippen LogP contribution is 2.17. The quantitative estimate of drug-likeness (QED) is 0.0261. The Morgan fingerprint density at radius 1 is 0.296 bits per heavy atom. The standard InChI is InChI=1S/C65H116O6/c1-4-7-10-13-16-19-22-25-27-28-29-30-31-32-33-34-35-36-37-39-40-43-46-49-52-55-58-64(67)70-61-62(60-69-63(66)57-54-51-48-45-42-24-21-18-15-12-9-6-3)71-65(68)59-56-53-50-47-44-41-38-26-23-20-17-14-11-8-5-2/h8,11,17,20,26,38,44,47,53,56,62H,4-7,9-10,12-16,18-19,21-25,27-37,39-43,45-46,48-52,54-55,57-61H2,1-3H3/b11-8-,20-17-,38-26-,47-44-,56-53-. The van der Waals surface area contributed by atoms with E-state index in [9.17, 15) is 14.4 Å². The fourth-order valence-electron chi connectivity index (χ4n) is 8.99. The highest BCUT2D eigenvalue weighted by Gasteiger charge is 2.19. The highest BCUT2D eigenvalue weighted by molar-refractivity contribution is 5.72. The molecule has 1 atom stereocenters. The lowest BCUT2D eigenvalue weighted by Gasteiger charge is -2.18. The van der Waals surface area contributed by atoms with Crippen LogP contribution >= 0.6 is 0 Å². The summed E-state index contributed by atoms with van der Waals surface area (Å²) in [5.74, 6) is -1.02.